The number of nitrogens with one attached hydrogen (secondary N) is 2. The van der Waals surface area contributed by atoms with Crippen molar-refractivity contribution in [3.8, 4) is 22.5 Å². The largest absolute Gasteiger partial charge is 0.416 e. The Balaban J connectivity index is 1.54. The van der Waals surface area contributed by atoms with Gasteiger partial charge in [-0.25, -0.2) is 9.50 Å². The average molecular weight is 494 g/mol. The average Bonchev–Trinajstić information content (AvgIpc) is 3.57. The third-order valence-corrected chi connectivity index (χ3v) is 6.03. The third-order valence-electron chi connectivity index (χ3n) is 6.03. The van der Waals surface area contributed by atoms with Crippen LogP contribution in [-0.4, -0.2) is 33.1 Å². The molecule has 2 aromatic carbocycles. The molecule has 0 bridgehead atoms. The molecule has 0 unspecified atom stereocenters. The lowest BCUT2D eigenvalue weighted by atomic mass is 10.1. The maximum Gasteiger partial charge on any atom is 0.416 e. The van der Waals surface area contributed by atoms with E-state index in [0.717, 1.165) is 36.2 Å². The van der Waals surface area contributed by atoms with Gasteiger partial charge in [0.05, 0.1) is 28.8 Å². The van der Waals surface area contributed by atoms with Crippen LogP contribution in [0.5, 0.6) is 0 Å². The maximum absolute atomic E-state index is 13.0. The molecule has 2 heterocycles. The van der Waals surface area contributed by atoms with E-state index >= 15 is 0 Å². The fourth-order valence-electron chi connectivity index (χ4n) is 3.87. The molecule has 0 saturated heterocycles. The molecule has 186 valence electrons. The van der Waals surface area contributed by atoms with Crippen LogP contribution in [0.25, 0.3) is 28.2 Å². The predicted octanol–water partition coefficient (Wildman–Crippen LogP) is 6.04. The van der Waals surface area contributed by atoms with E-state index < -0.39 is 11.7 Å². The number of carbonyl (C=O) groups excluding carboxylic acids is 1. The first-order chi connectivity index (χ1) is 17.2. The first-order valence-corrected chi connectivity index (χ1v) is 11.9. The Bertz CT molecular complexity index is 1390. The van der Waals surface area contributed by atoms with Gasteiger partial charge in [-0.3, -0.25) is 4.79 Å². The number of benzene rings is 2. The van der Waals surface area contributed by atoms with Crippen molar-refractivity contribution in [3.63, 3.8) is 0 Å². The van der Waals surface area contributed by atoms with E-state index in [1.165, 1.54) is 12.1 Å². The normalized spacial score (nSPS) is 13.8. The van der Waals surface area contributed by atoms with Crippen LogP contribution in [0.1, 0.15) is 42.6 Å². The second kappa shape index (κ2) is 9.29. The van der Waals surface area contributed by atoms with E-state index in [4.69, 9.17) is 5.10 Å². The summed E-state index contributed by atoms with van der Waals surface area (Å²) in [7, 11) is 0. The zero-order valence-corrected chi connectivity index (χ0v) is 19.9. The molecule has 2 aromatic heterocycles. The standard InChI is InChI=1S/C27H26F3N5O/c1-16(2)14-31-23-13-22(17-7-9-20(10-8-17)27(28,29)30)34-35-24(15-32-25(23)35)18-3-5-19(6-4-18)26(36)33-21-11-12-21/h3-10,13,15-16,21,31H,11-12,14H2,1-2H3,(H,33,36). The molecule has 9 heteroatoms. The molecule has 1 amide bonds. The van der Waals surface area contributed by atoms with Crippen LogP contribution in [0.4, 0.5) is 18.9 Å². The number of anilines is 1. The van der Waals surface area contributed by atoms with E-state index in [1.807, 2.05) is 18.2 Å². The summed E-state index contributed by atoms with van der Waals surface area (Å²) in [4.78, 5) is 16.9. The number of carbonyl (C=O) groups is 1. The molecule has 5 rings (SSSR count). The highest BCUT2D eigenvalue weighted by atomic mass is 19.4. The van der Waals surface area contributed by atoms with Gasteiger partial charge in [0.2, 0.25) is 0 Å². The second-order valence-electron chi connectivity index (χ2n) is 9.50. The number of rotatable bonds is 7. The van der Waals surface area contributed by atoms with Crippen molar-refractivity contribution in [2.45, 2.75) is 38.9 Å². The summed E-state index contributed by atoms with van der Waals surface area (Å²) in [5, 5.41) is 11.1. The Labute approximate surface area is 206 Å². The van der Waals surface area contributed by atoms with Crippen LogP contribution in [0, 0.1) is 5.92 Å². The van der Waals surface area contributed by atoms with E-state index in [1.54, 1.807) is 22.8 Å². The van der Waals surface area contributed by atoms with Gasteiger partial charge in [-0.1, -0.05) is 38.1 Å². The molecule has 0 atom stereocenters. The van der Waals surface area contributed by atoms with Crippen molar-refractivity contribution in [1.29, 1.82) is 0 Å². The van der Waals surface area contributed by atoms with Crippen molar-refractivity contribution in [3.05, 3.63) is 71.9 Å². The summed E-state index contributed by atoms with van der Waals surface area (Å²) < 4.78 is 40.8. The van der Waals surface area contributed by atoms with Gasteiger partial charge in [-0.15, -0.1) is 0 Å². The first-order valence-electron chi connectivity index (χ1n) is 11.9. The third kappa shape index (κ3) is 5.05. The summed E-state index contributed by atoms with van der Waals surface area (Å²) in [5.41, 5.74) is 3.82. The Morgan fingerprint density at radius 1 is 1.06 bits per heavy atom. The molecule has 6 nitrogen and oxygen atoms in total. The van der Waals surface area contributed by atoms with Gasteiger partial charge in [0, 0.05) is 29.3 Å². The van der Waals surface area contributed by atoms with E-state index in [9.17, 15) is 18.0 Å². The van der Waals surface area contributed by atoms with E-state index in [0.29, 0.717) is 40.6 Å². The highest BCUT2D eigenvalue weighted by molar-refractivity contribution is 5.95. The quantitative estimate of drug-likeness (QED) is 0.329. The van der Waals surface area contributed by atoms with Gasteiger partial charge >= 0.3 is 6.18 Å². The Morgan fingerprint density at radius 3 is 2.33 bits per heavy atom. The van der Waals surface area contributed by atoms with Gasteiger partial charge < -0.3 is 10.6 Å². The van der Waals surface area contributed by atoms with Crippen LogP contribution < -0.4 is 10.6 Å². The number of alkyl halides is 3. The number of aromatic nitrogens is 3. The van der Waals surface area contributed by atoms with E-state index in [-0.39, 0.29) is 11.9 Å². The summed E-state index contributed by atoms with van der Waals surface area (Å²) >= 11 is 0. The molecule has 36 heavy (non-hydrogen) atoms. The van der Waals surface area contributed by atoms with Crippen LogP contribution in [0.3, 0.4) is 0 Å². The Morgan fingerprint density at radius 2 is 1.72 bits per heavy atom. The lowest BCUT2D eigenvalue weighted by Gasteiger charge is -2.13. The monoisotopic (exact) mass is 493 g/mol. The van der Waals surface area contributed by atoms with Gasteiger partial charge in [0.25, 0.3) is 5.91 Å². The highest BCUT2D eigenvalue weighted by Crippen LogP contribution is 2.32. The summed E-state index contributed by atoms with van der Waals surface area (Å²) in [5.74, 6) is 0.279. The molecule has 0 aliphatic heterocycles. The minimum atomic E-state index is -4.40. The van der Waals surface area contributed by atoms with Crippen molar-refractivity contribution < 1.29 is 18.0 Å². The SMILES string of the molecule is CC(C)CNc1cc(-c2ccc(C(F)(F)F)cc2)nn2c(-c3ccc(C(=O)NC4CC4)cc3)cnc12. The minimum Gasteiger partial charge on any atom is -0.382 e. The van der Waals surface area contributed by atoms with Crippen LogP contribution in [0.2, 0.25) is 0 Å². The smallest absolute Gasteiger partial charge is 0.382 e. The van der Waals surface area contributed by atoms with Gasteiger partial charge in [-0.2, -0.15) is 18.3 Å². The topological polar surface area (TPSA) is 71.3 Å². The molecular formula is C27H26F3N5O. The molecule has 1 aliphatic rings. The molecule has 2 N–H and O–H groups in total. The summed E-state index contributed by atoms with van der Waals surface area (Å²) in [6.07, 6.45) is -0.657. The Kier molecular flexibility index (Phi) is 6.15. The minimum absolute atomic E-state index is 0.0925. The number of hydrogen-bond donors (Lipinski definition) is 2. The molecular weight excluding hydrogens is 467 g/mol. The number of hydrogen-bond acceptors (Lipinski definition) is 4. The number of amides is 1. The van der Waals surface area contributed by atoms with Crippen molar-refractivity contribution in [2.75, 3.05) is 11.9 Å². The molecule has 1 aliphatic carbocycles. The summed E-state index contributed by atoms with van der Waals surface area (Å²) in [6, 6.07) is 14.3. The maximum atomic E-state index is 13.0. The zero-order chi connectivity index (χ0) is 25.4. The van der Waals surface area contributed by atoms with Gasteiger partial charge in [0.15, 0.2) is 5.65 Å². The lowest BCUT2D eigenvalue weighted by Crippen LogP contribution is -2.25. The summed E-state index contributed by atoms with van der Waals surface area (Å²) in [6.45, 7) is 4.86. The van der Waals surface area contributed by atoms with E-state index in [2.05, 4.69) is 29.5 Å². The number of imidazole rings is 1. The predicted molar refractivity (Wildman–Crippen MR) is 133 cm³/mol. The highest BCUT2D eigenvalue weighted by Gasteiger charge is 2.30. The fraction of sp³-hybridized carbons (Fsp3) is 0.296. The fourth-order valence-corrected chi connectivity index (χ4v) is 3.87. The van der Waals surface area contributed by atoms with Crippen LogP contribution in [0.15, 0.2) is 60.8 Å². The van der Waals surface area contributed by atoms with Crippen LogP contribution in [-0.2, 0) is 6.18 Å². The van der Waals surface area contributed by atoms with Gasteiger partial charge in [0.1, 0.15) is 0 Å². The molecule has 1 saturated carbocycles. The lowest BCUT2D eigenvalue weighted by molar-refractivity contribution is -0.137. The van der Waals surface area contributed by atoms with Gasteiger partial charge in [-0.05, 0) is 49.1 Å². The van der Waals surface area contributed by atoms with Crippen molar-refractivity contribution >= 4 is 17.2 Å². The van der Waals surface area contributed by atoms with Crippen LogP contribution >= 0.6 is 0 Å². The molecule has 0 radical (unpaired) electrons. The molecule has 4 aromatic rings. The number of halogens is 3. The van der Waals surface area contributed by atoms with Crippen molar-refractivity contribution in [1.82, 2.24) is 19.9 Å². The first kappa shape index (κ1) is 23.8. The number of fused-ring (bicyclic) bond motifs is 1. The molecule has 0 spiro atoms. The second-order valence-corrected chi connectivity index (χ2v) is 9.50. The molecule has 1 fully saturated rings. The Hall–Kier alpha value is -3.88. The van der Waals surface area contributed by atoms with Crippen molar-refractivity contribution in [2.24, 2.45) is 5.92 Å². The number of nitrogens with zero attached hydrogens (tertiary/aromatic N) is 3. The zero-order valence-electron chi connectivity index (χ0n) is 19.9.